The average molecular weight is 495 g/mol. The summed E-state index contributed by atoms with van der Waals surface area (Å²) in [5, 5.41) is 1.22. The second-order valence-corrected chi connectivity index (χ2v) is 8.26. The summed E-state index contributed by atoms with van der Waals surface area (Å²) >= 11 is 0. The lowest BCUT2D eigenvalue weighted by atomic mass is 10.1. The molecule has 0 saturated carbocycles. The first kappa shape index (κ1) is 26.1. The van der Waals surface area contributed by atoms with Crippen molar-refractivity contribution >= 4 is 23.1 Å². The Morgan fingerprint density at radius 1 is 0.667 bits per heavy atom. The summed E-state index contributed by atoms with van der Waals surface area (Å²) in [5.74, 6) is 1.37. The molecule has 0 radical (unpaired) electrons. The van der Waals surface area contributed by atoms with E-state index in [1.807, 2.05) is 18.2 Å². The average Bonchev–Trinajstić information content (AvgIpc) is 2.91. The molecule has 0 unspecified atom stereocenters. The van der Waals surface area contributed by atoms with E-state index >= 15 is 0 Å². The highest BCUT2D eigenvalue weighted by molar-refractivity contribution is 5.88. The van der Waals surface area contributed by atoms with E-state index in [9.17, 15) is 0 Å². The van der Waals surface area contributed by atoms with Crippen molar-refractivity contribution in [3.05, 3.63) is 65.9 Å². The van der Waals surface area contributed by atoms with Gasteiger partial charge in [0, 0.05) is 12.1 Å². The quantitative estimate of drug-likeness (QED) is 0.510. The lowest BCUT2D eigenvalue weighted by molar-refractivity contribution is -0.667. The molecule has 2 aromatic carbocycles. The molecular weight excluding hydrogens is 458 g/mol. The van der Waals surface area contributed by atoms with Crippen molar-refractivity contribution in [2.24, 2.45) is 0 Å². The number of nitrogens with zero attached hydrogens (tertiary/aromatic N) is 1. The van der Waals surface area contributed by atoms with Crippen LogP contribution in [0.4, 0.5) is 0 Å². The van der Waals surface area contributed by atoms with Crippen molar-refractivity contribution in [2.75, 3.05) is 66.1 Å². The zero-order valence-electron chi connectivity index (χ0n) is 21.0. The molecule has 0 fully saturated rings. The van der Waals surface area contributed by atoms with E-state index in [0.717, 1.165) is 12.1 Å². The third-order valence-corrected chi connectivity index (χ3v) is 5.81. The zero-order chi connectivity index (χ0) is 24.8. The van der Waals surface area contributed by atoms with Crippen LogP contribution in [-0.4, -0.2) is 66.1 Å². The maximum absolute atomic E-state index is 6.04. The molecule has 0 bridgehead atoms. The molecule has 0 saturated heterocycles. The van der Waals surface area contributed by atoms with Crippen LogP contribution in [0.2, 0.25) is 0 Å². The molecule has 0 amide bonds. The van der Waals surface area contributed by atoms with Crippen LogP contribution in [0, 0.1) is 0 Å². The number of hydrogen-bond donors (Lipinski definition) is 0. The van der Waals surface area contributed by atoms with E-state index < -0.39 is 0 Å². The van der Waals surface area contributed by atoms with Crippen molar-refractivity contribution in [1.29, 1.82) is 0 Å². The van der Waals surface area contributed by atoms with Gasteiger partial charge in [0.1, 0.15) is 19.8 Å². The molecule has 1 aliphatic heterocycles. The first-order chi connectivity index (χ1) is 17.8. The topological polar surface area (TPSA) is 59.3 Å². The minimum absolute atomic E-state index is 0.420. The van der Waals surface area contributed by atoms with Crippen LogP contribution >= 0.6 is 0 Å². The van der Waals surface area contributed by atoms with Crippen LogP contribution < -0.4 is 14.0 Å². The molecule has 0 aliphatic carbocycles. The van der Waals surface area contributed by atoms with Crippen LogP contribution in [0.3, 0.4) is 0 Å². The summed E-state index contributed by atoms with van der Waals surface area (Å²) in [4.78, 5) is 0. The predicted molar refractivity (Wildman–Crippen MR) is 139 cm³/mol. The van der Waals surface area contributed by atoms with Gasteiger partial charge in [0.15, 0.2) is 17.7 Å². The van der Waals surface area contributed by atoms with Crippen molar-refractivity contribution in [3.8, 4) is 11.5 Å². The molecule has 36 heavy (non-hydrogen) atoms. The number of aromatic nitrogens is 1. The molecule has 0 atom stereocenters. The summed E-state index contributed by atoms with van der Waals surface area (Å²) in [6.07, 6.45) is 6.38. The highest BCUT2D eigenvalue weighted by Crippen LogP contribution is 2.29. The summed E-state index contributed by atoms with van der Waals surface area (Å²) < 4.78 is 36.4. The second kappa shape index (κ2) is 14.6. The molecule has 1 aliphatic rings. The van der Waals surface area contributed by atoms with Crippen molar-refractivity contribution in [2.45, 2.75) is 13.5 Å². The number of rotatable bonds is 3. The molecule has 3 aromatic rings. The highest BCUT2D eigenvalue weighted by Gasteiger charge is 2.10. The van der Waals surface area contributed by atoms with Gasteiger partial charge in [0.05, 0.1) is 58.2 Å². The van der Waals surface area contributed by atoms with Gasteiger partial charge in [0.25, 0.3) is 0 Å². The van der Waals surface area contributed by atoms with E-state index in [1.165, 1.54) is 16.5 Å². The number of aryl methyl sites for hydroxylation is 1. The van der Waals surface area contributed by atoms with Gasteiger partial charge in [-0.1, -0.05) is 30.4 Å². The van der Waals surface area contributed by atoms with Gasteiger partial charge >= 0.3 is 0 Å². The Balaban J connectivity index is 1.47. The van der Waals surface area contributed by atoms with Crippen molar-refractivity contribution in [1.82, 2.24) is 0 Å². The number of ether oxygens (including phenoxy) is 6. The molecule has 2 heterocycles. The van der Waals surface area contributed by atoms with Crippen LogP contribution in [0.25, 0.3) is 23.1 Å². The fourth-order valence-electron chi connectivity index (χ4n) is 3.96. The Morgan fingerprint density at radius 3 is 1.94 bits per heavy atom. The summed E-state index contributed by atoms with van der Waals surface area (Å²) in [6, 6.07) is 16.6. The summed E-state index contributed by atoms with van der Waals surface area (Å²) in [5.41, 5.74) is 3.42. The Hall–Kier alpha value is -2.97. The smallest absolute Gasteiger partial charge is 0.213 e. The van der Waals surface area contributed by atoms with Gasteiger partial charge in [-0.2, -0.15) is 4.57 Å². The van der Waals surface area contributed by atoms with E-state index in [2.05, 4.69) is 60.2 Å². The second-order valence-electron chi connectivity index (χ2n) is 8.26. The number of hydrogen-bond acceptors (Lipinski definition) is 6. The predicted octanol–water partition coefficient (Wildman–Crippen LogP) is 4.16. The molecule has 192 valence electrons. The maximum atomic E-state index is 6.04. The molecule has 7 nitrogen and oxygen atoms in total. The monoisotopic (exact) mass is 494 g/mol. The fraction of sp³-hybridized carbons (Fsp3) is 0.414. The molecule has 0 spiro atoms. The van der Waals surface area contributed by atoms with Crippen LogP contribution in [0.1, 0.15) is 18.1 Å². The molecule has 0 N–H and O–H groups in total. The van der Waals surface area contributed by atoms with Crippen molar-refractivity contribution < 1.29 is 33.0 Å². The Bertz CT molecular complexity index is 1120. The van der Waals surface area contributed by atoms with E-state index in [-0.39, 0.29) is 0 Å². The van der Waals surface area contributed by atoms with Crippen LogP contribution in [0.15, 0.2) is 54.7 Å². The van der Waals surface area contributed by atoms with Gasteiger partial charge < -0.3 is 28.4 Å². The van der Waals surface area contributed by atoms with Crippen LogP contribution in [0.5, 0.6) is 11.5 Å². The number of fused-ring (bicyclic) bond motifs is 2. The van der Waals surface area contributed by atoms with E-state index in [1.54, 1.807) is 0 Å². The summed E-state index contributed by atoms with van der Waals surface area (Å²) in [6.45, 7) is 8.07. The lowest BCUT2D eigenvalue weighted by Gasteiger charge is -2.14. The largest absolute Gasteiger partial charge is 0.487 e. The number of pyridine rings is 1. The minimum atomic E-state index is 0.420. The first-order valence-electron chi connectivity index (χ1n) is 12.6. The third kappa shape index (κ3) is 7.77. The first-order valence-corrected chi connectivity index (χ1v) is 12.6. The lowest BCUT2D eigenvalue weighted by Crippen LogP contribution is -2.32. The number of para-hydroxylation sites is 1. The Morgan fingerprint density at radius 2 is 1.28 bits per heavy atom. The Labute approximate surface area is 213 Å². The molecule has 4 rings (SSSR count). The molecule has 7 heteroatoms. The maximum Gasteiger partial charge on any atom is 0.213 e. The molecule has 1 aromatic heterocycles. The number of benzene rings is 2. The van der Waals surface area contributed by atoms with E-state index in [4.69, 9.17) is 28.4 Å². The standard InChI is InChI=1S/C29H36NO6/c1-2-30-12-11-25(26-5-3-4-6-27(26)30)9-7-24-8-10-28-29(23-24)36-22-20-34-18-16-32-14-13-31-15-17-33-19-21-35-28/h3-12,23H,2,13-22H2,1H3/q+1/b9-7+. The van der Waals surface area contributed by atoms with Crippen LogP contribution in [-0.2, 0) is 25.5 Å². The van der Waals surface area contributed by atoms with Crippen molar-refractivity contribution in [3.63, 3.8) is 0 Å². The Kier molecular flexibility index (Phi) is 10.6. The zero-order valence-corrected chi connectivity index (χ0v) is 21.0. The van der Waals surface area contributed by atoms with E-state index in [0.29, 0.717) is 77.6 Å². The van der Waals surface area contributed by atoms with Gasteiger partial charge in [-0.3, -0.25) is 0 Å². The third-order valence-electron chi connectivity index (χ3n) is 5.81. The van der Waals surface area contributed by atoms with Gasteiger partial charge in [0.2, 0.25) is 5.52 Å². The van der Waals surface area contributed by atoms with Gasteiger partial charge in [-0.15, -0.1) is 0 Å². The fourth-order valence-corrected chi connectivity index (χ4v) is 3.96. The molecular formula is C29H36NO6+. The van der Waals surface area contributed by atoms with Gasteiger partial charge in [-0.05, 0) is 36.2 Å². The SMILES string of the molecule is CC[n+]1ccc(/C=C/c2ccc3c(c2)OCCOCCOCCOCCOCCO3)c2ccccc21. The summed E-state index contributed by atoms with van der Waals surface area (Å²) in [7, 11) is 0. The highest BCUT2D eigenvalue weighted by atomic mass is 16.6. The normalized spacial score (nSPS) is 17.0. The van der Waals surface area contributed by atoms with Gasteiger partial charge in [-0.25, -0.2) is 0 Å². The minimum Gasteiger partial charge on any atom is -0.487 e.